The van der Waals surface area contributed by atoms with Crippen LogP contribution in [0.5, 0.6) is 0 Å². The maximum absolute atomic E-state index is 3.66. The summed E-state index contributed by atoms with van der Waals surface area (Å²) in [6.45, 7) is 9.47. The fourth-order valence-corrected chi connectivity index (χ4v) is 0.998. The first-order valence-corrected chi connectivity index (χ1v) is 4.02. The Morgan fingerprint density at radius 2 is 1.86 bits per heavy atom. The molecule has 0 radical (unpaired) electrons. The number of hydrogen-bond donors (Lipinski definition) is 0. The maximum Gasteiger partial charge on any atom is -0.0285 e. The van der Waals surface area contributed by atoms with Crippen molar-refractivity contribution in [2.24, 2.45) is 0 Å². The van der Waals surface area contributed by atoms with Crippen LogP contribution in [0.25, 0.3) is 0 Å². The van der Waals surface area contributed by atoms with Crippen LogP contribution in [0.3, 0.4) is 0 Å². The summed E-state index contributed by atoms with van der Waals surface area (Å²) in [4.78, 5) is 0. The van der Waals surface area contributed by atoms with E-state index in [0.717, 1.165) is 0 Å². The van der Waals surface area contributed by atoms with Gasteiger partial charge in [-0.2, -0.15) is 0 Å². The van der Waals surface area contributed by atoms with E-state index in [1.165, 1.54) is 6.16 Å². The van der Waals surface area contributed by atoms with Gasteiger partial charge in [0, 0.05) is 0 Å². The van der Waals surface area contributed by atoms with E-state index in [2.05, 4.69) is 20.1 Å². The van der Waals surface area contributed by atoms with Crippen molar-refractivity contribution in [2.75, 3.05) is 6.16 Å². The Balaban J connectivity index is 3.36. The van der Waals surface area contributed by atoms with E-state index in [-0.39, 0.29) is 7.92 Å². The summed E-state index contributed by atoms with van der Waals surface area (Å²) in [5, 5.41) is 0. The average Bonchev–Trinajstić information content (AvgIpc) is 1.72. The molecule has 0 aliphatic carbocycles. The molecule has 0 aromatic rings. The summed E-state index contributed by atoms with van der Waals surface area (Å²) >= 11 is 0. The van der Waals surface area contributed by atoms with Gasteiger partial charge in [-0.15, -0.1) is 0 Å². The van der Waals surface area contributed by atoms with Crippen molar-refractivity contribution < 1.29 is 0 Å². The average molecular weight is 114 g/mol. The molecule has 0 bridgehead atoms. The van der Waals surface area contributed by atoms with E-state index in [1.807, 2.05) is 11.6 Å². The summed E-state index contributed by atoms with van der Waals surface area (Å²) < 4.78 is 0. The van der Waals surface area contributed by atoms with Crippen molar-refractivity contribution in [2.45, 2.75) is 6.92 Å². The Labute approximate surface area is 46.7 Å². The summed E-state index contributed by atoms with van der Waals surface area (Å²) in [5.74, 6) is 3.95. The normalized spacial score (nSPS) is 8.86. The second kappa shape index (κ2) is 4.08. The summed E-state index contributed by atoms with van der Waals surface area (Å²) in [7, 11) is -0.0262. The van der Waals surface area contributed by atoms with Gasteiger partial charge in [-0.25, -0.2) is 0 Å². The molecule has 0 aliphatic heterocycles. The molecule has 0 fully saturated rings. The molecule has 1 heteroatoms. The highest BCUT2D eigenvalue weighted by Crippen LogP contribution is 2.35. The van der Waals surface area contributed by atoms with Gasteiger partial charge in [-0.05, 0) is 6.16 Å². The highest BCUT2D eigenvalue weighted by Gasteiger charge is 1.87. The molecule has 0 aromatic heterocycles. The van der Waals surface area contributed by atoms with E-state index in [4.69, 9.17) is 0 Å². The molecule has 0 heterocycles. The third kappa shape index (κ3) is 2.59. The van der Waals surface area contributed by atoms with Crippen molar-refractivity contribution in [3.05, 3.63) is 24.8 Å². The van der Waals surface area contributed by atoms with E-state index in [9.17, 15) is 0 Å². The molecular weight excluding hydrogens is 103 g/mol. The standard InChI is InChI=1S/C6H11P/c1-4-7(5-2)6-3/h4-5H,1-2,6H2,3H3. The summed E-state index contributed by atoms with van der Waals surface area (Å²) in [6, 6.07) is 0. The first-order valence-electron chi connectivity index (χ1n) is 2.36. The van der Waals surface area contributed by atoms with Crippen LogP contribution in [-0.4, -0.2) is 6.16 Å². The monoisotopic (exact) mass is 114 g/mol. The van der Waals surface area contributed by atoms with Crippen LogP contribution in [0.4, 0.5) is 0 Å². The van der Waals surface area contributed by atoms with E-state index >= 15 is 0 Å². The topological polar surface area (TPSA) is 0 Å². The molecule has 0 N–H and O–H groups in total. The molecular formula is C6H11P. The second-order valence-corrected chi connectivity index (χ2v) is 3.59. The molecule has 0 aliphatic rings. The van der Waals surface area contributed by atoms with Gasteiger partial charge in [0.2, 0.25) is 0 Å². The first-order chi connectivity index (χ1) is 3.35. The fraction of sp³-hybridized carbons (Fsp3) is 0.333. The third-order valence-corrected chi connectivity index (χ3v) is 2.50. The Hall–Kier alpha value is -0.0900. The quantitative estimate of drug-likeness (QED) is 0.495. The van der Waals surface area contributed by atoms with Crippen LogP contribution < -0.4 is 0 Å². The Bertz CT molecular complexity index is 58.6. The highest BCUT2D eigenvalue weighted by molar-refractivity contribution is 7.63. The molecule has 0 aromatic carbocycles. The van der Waals surface area contributed by atoms with Crippen molar-refractivity contribution in [3.8, 4) is 0 Å². The lowest BCUT2D eigenvalue weighted by atomic mass is 11.0. The van der Waals surface area contributed by atoms with Crippen LogP contribution >= 0.6 is 7.92 Å². The molecule has 40 valence electrons. The second-order valence-electron chi connectivity index (χ2n) is 1.20. The van der Waals surface area contributed by atoms with Crippen molar-refractivity contribution in [1.82, 2.24) is 0 Å². The zero-order chi connectivity index (χ0) is 5.70. The molecule has 0 atom stereocenters. The van der Waals surface area contributed by atoms with Gasteiger partial charge in [0.15, 0.2) is 0 Å². The van der Waals surface area contributed by atoms with Crippen LogP contribution in [0, 0.1) is 0 Å². The van der Waals surface area contributed by atoms with Gasteiger partial charge in [0.05, 0.1) is 0 Å². The summed E-state index contributed by atoms with van der Waals surface area (Å²) in [6.07, 6.45) is 1.18. The van der Waals surface area contributed by atoms with E-state index < -0.39 is 0 Å². The minimum Gasteiger partial charge on any atom is -0.0983 e. The predicted octanol–water partition coefficient (Wildman–Crippen LogP) is 2.78. The van der Waals surface area contributed by atoms with E-state index in [0.29, 0.717) is 0 Å². The zero-order valence-corrected chi connectivity index (χ0v) is 5.62. The lowest BCUT2D eigenvalue weighted by Crippen LogP contribution is -1.63. The largest absolute Gasteiger partial charge is 0.0983 e. The van der Waals surface area contributed by atoms with Crippen LogP contribution in [0.1, 0.15) is 6.92 Å². The molecule has 0 saturated heterocycles. The molecule has 0 saturated carbocycles. The number of hydrogen-bond acceptors (Lipinski definition) is 0. The Morgan fingerprint density at radius 1 is 1.43 bits per heavy atom. The Morgan fingerprint density at radius 3 is 1.86 bits per heavy atom. The van der Waals surface area contributed by atoms with E-state index in [1.54, 1.807) is 0 Å². The molecule has 7 heavy (non-hydrogen) atoms. The highest BCUT2D eigenvalue weighted by atomic mass is 31.1. The van der Waals surface area contributed by atoms with Crippen molar-refractivity contribution >= 4 is 7.92 Å². The molecule has 0 rings (SSSR count). The SMILES string of the molecule is C=CP(C=C)CC. The first kappa shape index (κ1) is 6.91. The number of rotatable bonds is 3. The lowest BCUT2D eigenvalue weighted by Gasteiger charge is -1.98. The third-order valence-electron chi connectivity index (χ3n) is 0.834. The molecule has 0 amide bonds. The van der Waals surface area contributed by atoms with Crippen LogP contribution in [0.15, 0.2) is 24.8 Å². The van der Waals surface area contributed by atoms with Crippen molar-refractivity contribution in [3.63, 3.8) is 0 Å². The predicted molar refractivity (Wildman–Crippen MR) is 37.9 cm³/mol. The molecule has 0 unspecified atom stereocenters. The van der Waals surface area contributed by atoms with Crippen LogP contribution in [0.2, 0.25) is 0 Å². The van der Waals surface area contributed by atoms with Gasteiger partial charge in [-0.3, -0.25) is 0 Å². The minimum atomic E-state index is -0.0262. The fourth-order valence-electron chi connectivity index (χ4n) is 0.333. The molecule has 0 spiro atoms. The van der Waals surface area contributed by atoms with Gasteiger partial charge in [-0.1, -0.05) is 39.6 Å². The van der Waals surface area contributed by atoms with Gasteiger partial charge in [0.25, 0.3) is 0 Å². The van der Waals surface area contributed by atoms with Gasteiger partial charge < -0.3 is 0 Å². The Kier molecular flexibility index (Phi) is 4.03. The van der Waals surface area contributed by atoms with Crippen molar-refractivity contribution in [1.29, 1.82) is 0 Å². The van der Waals surface area contributed by atoms with Gasteiger partial charge >= 0.3 is 0 Å². The minimum absolute atomic E-state index is 0.0262. The van der Waals surface area contributed by atoms with Crippen LogP contribution in [-0.2, 0) is 0 Å². The zero-order valence-electron chi connectivity index (χ0n) is 4.72. The molecule has 0 nitrogen and oxygen atoms in total. The summed E-state index contributed by atoms with van der Waals surface area (Å²) in [5.41, 5.74) is 0. The van der Waals surface area contributed by atoms with Gasteiger partial charge in [0.1, 0.15) is 0 Å². The smallest absolute Gasteiger partial charge is 0.0285 e. The lowest BCUT2D eigenvalue weighted by molar-refractivity contribution is 1.51. The maximum atomic E-state index is 3.66.